The molecule has 0 aromatic carbocycles. The summed E-state index contributed by atoms with van der Waals surface area (Å²) in [6.45, 7) is 5.33. The molecular weight excluding hydrogens is 772 g/mol. The number of esters is 2. The van der Waals surface area contributed by atoms with Gasteiger partial charge < -0.3 is 14.4 Å². The molecule has 0 spiro atoms. The van der Waals surface area contributed by atoms with Gasteiger partial charge in [-0.05, 0) is 90.4 Å². The smallest absolute Gasteiger partial charge is 0.462 e. The Labute approximate surface area is 368 Å². The molecule has 0 aliphatic heterocycles. The average Bonchev–Trinajstić information content (AvgIpc) is 3.23. The minimum atomic E-state index is -4.30. The zero-order chi connectivity index (χ0) is 43.9. The molecule has 1 N–H and O–H groups in total. The molecule has 0 saturated heterocycles. The highest BCUT2D eigenvalue weighted by molar-refractivity contribution is 7.47. The summed E-state index contributed by atoms with van der Waals surface area (Å²) in [5.74, 6) is -0.838. The normalized spacial score (nSPS) is 13.9. The van der Waals surface area contributed by atoms with Crippen molar-refractivity contribution in [3.63, 3.8) is 0 Å². The third-order valence-electron chi connectivity index (χ3n) is 10.00. The SMILES string of the molecule is CC/C=C\C/C=C\C/C=C\C/C=C\C/C=C\CCCCCC(=O)OC(COC(=O)CCCCCCCCCCC/C=C\CCCCCCCCCC)COP(=O)(O)OCC. The van der Waals surface area contributed by atoms with Crippen molar-refractivity contribution in [2.45, 2.75) is 219 Å². The minimum Gasteiger partial charge on any atom is -0.462 e. The van der Waals surface area contributed by atoms with Crippen molar-refractivity contribution in [1.29, 1.82) is 0 Å². The van der Waals surface area contributed by atoms with Crippen molar-refractivity contribution in [3.05, 3.63) is 72.9 Å². The van der Waals surface area contributed by atoms with E-state index in [4.69, 9.17) is 18.5 Å². The molecule has 0 saturated carbocycles. The largest absolute Gasteiger partial charge is 0.472 e. The fourth-order valence-corrected chi connectivity index (χ4v) is 7.23. The molecule has 0 aromatic rings. The van der Waals surface area contributed by atoms with Crippen molar-refractivity contribution in [2.75, 3.05) is 19.8 Å². The van der Waals surface area contributed by atoms with Crippen molar-refractivity contribution < 1.29 is 37.6 Å². The van der Waals surface area contributed by atoms with Crippen LogP contribution in [0.5, 0.6) is 0 Å². The van der Waals surface area contributed by atoms with Crippen LogP contribution in [0.15, 0.2) is 72.9 Å². The van der Waals surface area contributed by atoms with Crippen LogP contribution in [-0.4, -0.2) is 42.8 Å². The maximum Gasteiger partial charge on any atom is 0.472 e. The first kappa shape index (κ1) is 57.5. The Bertz CT molecular complexity index is 1200. The van der Waals surface area contributed by atoms with Gasteiger partial charge in [-0.2, -0.15) is 0 Å². The molecule has 346 valence electrons. The average molecular weight is 861 g/mol. The molecule has 0 heterocycles. The first-order chi connectivity index (χ1) is 29.3. The van der Waals surface area contributed by atoms with Gasteiger partial charge in [0.2, 0.25) is 0 Å². The first-order valence-corrected chi connectivity index (χ1v) is 25.7. The highest BCUT2D eigenvalue weighted by Gasteiger charge is 2.25. The molecule has 0 aliphatic rings. The zero-order valence-corrected chi connectivity index (χ0v) is 39.5. The van der Waals surface area contributed by atoms with E-state index in [9.17, 15) is 19.0 Å². The van der Waals surface area contributed by atoms with Crippen molar-refractivity contribution in [1.82, 2.24) is 0 Å². The monoisotopic (exact) mass is 861 g/mol. The lowest BCUT2D eigenvalue weighted by Crippen LogP contribution is -2.29. The van der Waals surface area contributed by atoms with E-state index in [0.717, 1.165) is 70.6 Å². The quantitative estimate of drug-likeness (QED) is 0.0279. The minimum absolute atomic E-state index is 0.00976. The molecule has 9 heteroatoms. The lowest BCUT2D eigenvalue weighted by molar-refractivity contribution is -0.161. The van der Waals surface area contributed by atoms with E-state index >= 15 is 0 Å². The van der Waals surface area contributed by atoms with Crippen LogP contribution in [0.4, 0.5) is 0 Å². The van der Waals surface area contributed by atoms with E-state index in [2.05, 4.69) is 86.8 Å². The van der Waals surface area contributed by atoms with Crippen LogP contribution in [-0.2, 0) is 32.7 Å². The maximum atomic E-state index is 12.6. The molecule has 8 nitrogen and oxygen atoms in total. The van der Waals surface area contributed by atoms with Gasteiger partial charge >= 0.3 is 19.8 Å². The topological polar surface area (TPSA) is 108 Å². The van der Waals surface area contributed by atoms with E-state index in [1.807, 2.05) is 0 Å². The second-order valence-electron chi connectivity index (χ2n) is 15.7. The first-order valence-electron chi connectivity index (χ1n) is 24.2. The lowest BCUT2D eigenvalue weighted by atomic mass is 10.1. The van der Waals surface area contributed by atoms with Crippen molar-refractivity contribution in [2.24, 2.45) is 0 Å². The van der Waals surface area contributed by atoms with Crippen LogP contribution in [0.3, 0.4) is 0 Å². The Kier molecular flexibility index (Phi) is 44.1. The van der Waals surface area contributed by atoms with Crippen LogP contribution in [0, 0.1) is 0 Å². The lowest BCUT2D eigenvalue weighted by Gasteiger charge is -2.19. The number of phosphoric acid groups is 1. The molecule has 0 radical (unpaired) electrons. The summed E-state index contributed by atoms with van der Waals surface area (Å²) >= 11 is 0. The standard InChI is InChI=1S/C51H89O8P/c1-4-7-9-11-13-15-17-19-21-23-25-26-28-29-31-33-35-37-39-41-43-45-50(52)56-47-49(48-58-60(54,55)57-6-3)59-51(53)46-44-42-40-38-36-34-32-30-27-24-22-20-18-16-14-12-10-8-5-2/h8,10,14,16,20,22-23,25,27,30,34,36,49H,4-7,9,11-13,15,17-19,21,24,26,28-29,31-33,35,37-48H2,1-3H3,(H,54,55)/b10-8-,16-14-,22-20-,25-23-,30-27-,36-34-. The molecule has 0 aromatic heterocycles. The molecule has 0 rings (SSSR count). The summed E-state index contributed by atoms with van der Waals surface area (Å²) in [5, 5.41) is 0. The van der Waals surface area contributed by atoms with Gasteiger partial charge in [0.25, 0.3) is 0 Å². The van der Waals surface area contributed by atoms with Gasteiger partial charge in [0.1, 0.15) is 6.61 Å². The third-order valence-corrected chi connectivity index (χ3v) is 11.1. The summed E-state index contributed by atoms with van der Waals surface area (Å²) in [4.78, 5) is 34.9. The zero-order valence-electron chi connectivity index (χ0n) is 38.6. The van der Waals surface area contributed by atoms with Crippen LogP contribution < -0.4 is 0 Å². The highest BCUT2D eigenvalue weighted by atomic mass is 31.2. The van der Waals surface area contributed by atoms with Crippen LogP contribution in [0.2, 0.25) is 0 Å². The molecule has 2 atom stereocenters. The van der Waals surface area contributed by atoms with Gasteiger partial charge in [0.05, 0.1) is 13.2 Å². The van der Waals surface area contributed by atoms with Crippen LogP contribution in [0.25, 0.3) is 0 Å². The van der Waals surface area contributed by atoms with Gasteiger partial charge in [-0.15, -0.1) is 0 Å². The molecule has 0 amide bonds. The number of allylic oxidation sites excluding steroid dienone is 12. The van der Waals surface area contributed by atoms with Gasteiger partial charge in [-0.1, -0.05) is 183 Å². The Hall–Kier alpha value is -2.51. The van der Waals surface area contributed by atoms with E-state index < -0.39 is 26.5 Å². The Morgan fingerprint density at radius 1 is 0.467 bits per heavy atom. The second kappa shape index (κ2) is 46.0. The Morgan fingerprint density at radius 2 is 0.850 bits per heavy atom. The molecule has 0 aliphatic carbocycles. The van der Waals surface area contributed by atoms with Crippen molar-refractivity contribution in [3.8, 4) is 0 Å². The number of carbonyl (C=O) groups is 2. The Morgan fingerprint density at radius 3 is 1.32 bits per heavy atom. The third kappa shape index (κ3) is 45.0. The van der Waals surface area contributed by atoms with Gasteiger partial charge in [-0.25, -0.2) is 4.57 Å². The summed E-state index contributed by atoms with van der Waals surface area (Å²) in [6, 6.07) is 0. The summed E-state index contributed by atoms with van der Waals surface area (Å²) in [6.07, 6.45) is 58.2. The van der Waals surface area contributed by atoms with E-state index in [0.29, 0.717) is 6.42 Å². The van der Waals surface area contributed by atoms with Crippen LogP contribution in [0.1, 0.15) is 213 Å². The number of unbranched alkanes of at least 4 members (excludes halogenated alkanes) is 20. The number of ether oxygens (including phenoxy) is 2. The highest BCUT2D eigenvalue weighted by Crippen LogP contribution is 2.43. The molecule has 0 fully saturated rings. The molecule has 2 unspecified atom stereocenters. The number of rotatable bonds is 44. The van der Waals surface area contributed by atoms with E-state index in [-0.39, 0.29) is 32.0 Å². The Balaban J connectivity index is 4.08. The van der Waals surface area contributed by atoms with E-state index in [1.54, 1.807) is 6.92 Å². The van der Waals surface area contributed by atoms with Gasteiger partial charge in [0.15, 0.2) is 6.10 Å². The summed E-state index contributed by atoms with van der Waals surface area (Å²) < 4.78 is 32.7. The number of phosphoric ester groups is 1. The van der Waals surface area contributed by atoms with Crippen LogP contribution >= 0.6 is 7.82 Å². The predicted octanol–water partition coefficient (Wildman–Crippen LogP) is 15.7. The fourth-order valence-electron chi connectivity index (χ4n) is 6.47. The van der Waals surface area contributed by atoms with Gasteiger partial charge in [0, 0.05) is 12.8 Å². The number of carbonyl (C=O) groups excluding carboxylic acids is 2. The maximum absolute atomic E-state index is 12.6. The number of hydrogen-bond donors (Lipinski definition) is 1. The molecular formula is C51H89O8P. The summed E-state index contributed by atoms with van der Waals surface area (Å²) in [5.41, 5.74) is 0. The summed E-state index contributed by atoms with van der Waals surface area (Å²) in [7, 11) is -4.30. The van der Waals surface area contributed by atoms with Gasteiger partial charge in [-0.3, -0.25) is 18.6 Å². The molecule has 0 bridgehead atoms. The van der Waals surface area contributed by atoms with E-state index in [1.165, 1.54) is 103 Å². The molecule has 60 heavy (non-hydrogen) atoms. The fraction of sp³-hybridized carbons (Fsp3) is 0.725. The van der Waals surface area contributed by atoms with Crippen molar-refractivity contribution >= 4 is 19.8 Å². The second-order valence-corrected chi connectivity index (χ2v) is 17.2. The number of hydrogen-bond acceptors (Lipinski definition) is 7. The predicted molar refractivity (Wildman–Crippen MR) is 253 cm³/mol.